The van der Waals surface area contributed by atoms with Crippen LogP contribution >= 0.6 is 11.8 Å². The molecule has 2 heterocycles. The van der Waals surface area contributed by atoms with E-state index in [1.165, 1.54) is 0 Å². The molecule has 6 heteroatoms. The van der Waals surface area contributed by atoms with Crippen molar-refractivity contribution in [2.24, 2.45) is 0 Å². The first-order valence-corrected chi connectivity index (χ1v) is 8.90. The summed E-state index contributed by atoms with van der Waals surface area (Å²) in [7, 11) is 1.63. The van der Waals surface area contributed by atoms with E-state index in [1.54, 1.807) is 7.11 Å². The molecule has 1 aliphatic rings. The second kappa shape index (κ2) is 7.08. The van der Waals surface area contributed by atoms with Gasteiger partial charge < -0.3 is 9.64 Å². The molecule has 1 aliphatic heterocycles. The number of hydrogen-bond donors (Lipinski definition) is 1. The number of thioether (sulfide) groups is 1. The normalized spacial score (nSPS) is 17.5. The Morgan fingerprint density at radius 3 is 3.09 bits per heavy atom. The van der Waals surface area contributed by atoms with Crippen LogP contribution in [0.3, 0.4) is 0 Å². The molecule has 0 aliphatic carbocycles. The van der Waals surface area contributed by atoms with Crippen molar-refractivity contribution < 1.29 is 9.53 Å². The van der Waals surface area contributed by atoms with Crippen molar-refractivity contribution in [2.45, 2.75) is 25.1 Å². The van der Waals surface area contributed by atoms with E-state index in [-0.39, 0.29) is 11.3 Å². The van der Waals surface area contributed by atoms with Gasteiger partial charge in [-0.15, -0.1) is 11.8 Å². The van der Waals surface area contributed by atoms with Crippen LogP contribution in [0, 0.1) is 0 Å². The number of carbonyl (C=O) groups excluding carboxylic acids is 1. The summed E-state index contributed by atoms with van der Waals surface area (Å²) in [5.74, 6) is 1.78. The molecule has 0 spiro atoms. The van der Waals surface area contributed by atoms with Crippen LogP contribution in [0.15, 0.2) is 30.3 Å². The number of H-pyrrole nitrogens is 1. The highest BCUT2D eigenvalue weighted by molar-refractivity contribution is 8.00. The van der Waals surface area contributed by atoms with Crippen molar-refractivity contribution in [3.63, 3.8) is 0 Å². The predicted octanol–water partition coefficient (Wildman–Crippen LogP) is 3.40. The Labute approximate surface area is 140 Å². The average molecular weight is 331 g/mol. The second-order valence-corrected chi connectivity index (χ2v) is 6.77. The number of ether oxygens (including phenoxy) is 1. The summed E-state index contributed by atoms with van der Waals surface area (Å²) in [6, 6.07) is 9.49. The molecule has 3 rings (SSSR count). The lowest BCUT2D eigenvalue weighted by Crippen LogP contribution is -2.34. The highest BCUT2D eigenvalue weighted by Crippen LogP contribution is 2.31. The van der Waals surface area contributed by atoms with Crippen LogP contribution in [-0.2, 0) is 0 Å². The van der Waals surface area contributed by atoms with Crippen molar-refractivity contribution in [1.82, 2.24) is 15.1 Å². The van der Waals surface area contributed by atoms with E-state index in [1.807, 2.05) is 47.0 Å². The third kappa shape index (κ3) is 3.22. The van der Waals surface area contributed by atoms with Crippen LogP contribution in [0.5, 0.6) is 5.75 Å². The molecule has 1 saturated heterocycles. The van der Waals surface area contributed by atoms with Gasteiger partial charge in [0.2, 0.25) is 0 Å². The maximum Gasteiger partial charge on any atom is 0.272 e. The Bertz CT molecular complexity index is 686. The molecule has 2 aromatic rings. The minimum absolute atomic E-state index is 0.0297. The molecule has 1 aromatic heterocycles. The number of nitrogens with zero attached hydrogens (tertiary/aromatic N) is 2. The monoisotopic (exact) mass is 331 g/mol. The first kappa shape index (κ1) is 15.9. The lowest BCUT2D eigenvalue weighted by atomic mass is 10.1. The highest BCUT2D eigenvalue weighted by atomic mass is 32.2. The summed E-state index contributed by atoms with van der Waals surface area (Å²) in [6.07, 6.45) is 2.11. The summed E-state index contributed by atoms with van der Waals surface area (Å²) in [4.78, 5) is 14.7. The zero-order valence-electron chi connectivity index (χ0n) is 13.4. The van der Waals surface area contributed by atoms with E-state index in [0.717, 1.165) is 42.1 Å². The smallest absolute Gasteiger partial charge is 0.272 e. The number of aromatic amines is 1. The van der Waals surface area contributed by atoms with Crippen LogP contribution in [0.2, 0.25) is 0 Å². The fourth-order valence-electron chi connectivity index (χ4n) is 2.82. The van der Waals surface area contributed by atoms with Gasteiger partial charge >= 0.3 is 0 Å². The average Bonchev–Trinajstić information content (AvgIpc) is 3.24. The molecule has 1 aromatic carbocycles. The molecule has 0 radical (unpaired) electrons. The molecule has 122 valence electrons. The maximum atomic E-state index is 12.7. The number of nitrogens with one attached hydrogen (secondary N) is 1. The fourth-order valence-corrected chi connectivity index (χ4v) is 4.18. The molecule has 1 amide bonds. The Kier molecular flexibility index (Phi) is 4.91. The Balaban J connectivity index is 1.83. The van der Waals surface area contributed by atoms with Crippen molar-refractivity contribution in [1.29, 1.82) is 0 Å². The number of methoxy groups -OCH3 is 1. The number of para-hydroxylation sites is 1. The van der Waals surface area contributed by atoms with E-state index in [2.05, 4.69) is 17.1 Å². The Morgan fingerprint density at radius 1 is 1.48 bits per heavy atom. The Hall–Kier alpha value is -1.95. The van der Waals surface area contributed by atoms with Gasteiger partial charge in [0, 0.05) is 17.9 Å². The summed E-state index contributed by atoms with van der Waals surface area (Å²) >= 11 is 1.86. The van der Waals surface area contributed by atoms with Crippen LogP contribution in [0.4, 0.5) is 0 Å². The quantitative estimate of drug-likeness (QED) is 0.912. The first-order chi connectivity index (χ1) is 11.2. The van der Waals surface area contributed by atoms with Gasteiger partial charge in [0.25, 0.3) is 5.91 Å². The molecule has 0 saturated carbocycles. The number of amides is 1. The second-order valence-electron chi connectivity index (χ2n) is 5.48. The molecule has 5 nitrogen and oxygen atoms in total. The molecule has 1 atom stereocenters. The van der Waals surface area contributed by atoms with E-state index in [0.29, 0.717) is 5.69 Å². The zero-order chi connectivity index (χ0) is 16.2. The lowest BCUT2D eigenvalue weighted by Gasteiger charge is -2.22. The SMILES string of the molecule is CCC[C@H]1SCCN1C(=O)c1cc(-c2ccccc2OC)n[nH]1. The summed E-state index contributed by atoms with van der Waals surface area (Å²) in [5, 5.41) is 7.47. The molecular formula is C17H21N3O2S. The van der Waals surface area contributed by atoms with Gasteiger partial charge in [0.1, 0.15) is 11.4 Å². The summed E-state index contributed by atoms with van der Waals surface area (Å²) in [6.45, 7) is 2.95. The molecule has 1 N–H and O–H groups in total. The minimum atomic E-state index is 0.0297. The lowest BCUT2D eigenvalue weighted by molar-refractivity contribution is 0.0750. The molecule has 0 unspecified atom stereocenters. The molecular weight excluding hydrogens is 310 g/mol. The zero-order valence-corrected chi connectivity index (χ0v) is 14.2. The standard InChI is InChI=1S/C17H21N3O2S/c1-3-6-16-20(9-10-23-16)17(21)14-11-13(18-19-14)12-7-4-5-8-15(12)22-2/h4-5,7-8,11,16H,3,6,9-10H2,1-2H3,(H,18,19)/t16-/m1/s1. The first-order valence-electron chi connectivity index (χ1n) is 7.86. The molecule has 23 heavy (non-hydrogen) atoms. The van der Waals surface area contributed by atoms with Gasteiger partial charge in [-0.1, -0.05) is 25.5 Å². The van der Waals surface area contributed by atoms with Crippen LogP contribution in [0.1, 0.15) is 30.3 Å². The van der Waals surface area contributed by atoms with Crippen molar-refractivity contribution in [2.75, 3.05) is 19.4 Å². The van der Waals surface area contributed by atoms with E-state index in [9.17, 15) is 4.79 Å². The van der Waals surface area contributed by atoms with Crippen LogP contribution in [0.25, 0.3) is 11.3 Å². The fraction of sp³-hybridized carbons (Fsp3) is 0.412. The van der Waals surface area contributed by atoms with Gasteiger partial charge in [-0.25, -0.2) is 0 Å². The van der Waals surface area contributed by atoms with Crippen LogP contribution < -0.4 is 4.74 Å². The van der Waals surface area contributed by atoms with Crippen molar-refractivity contribution >= 4 is 17.7 Å². The highest BCUT2D eigenvalue weighted by Gasteiger charge is 2.30. The van der Waals surface area contributed by atoms with E-state index >= 15 is 0 Å². The number of rotatable bonds is 5. The van der Waals surface area contributed by atoms with Crippen molar-refractivity contribution in [3.8, 4) is 17.0 Å². The molecule has 0 bridgehead atoms. The number of aromatic nitrogens is 2. The number of carbonyl (C=O) groups is 1. The van der Waals surface area contributed by atoms with E-state index in [4.69, 9.17) is 4.74 Å². The van der Waals surface area contributed by atoms with Gasteiger partial charge in [-0.3, -0.25) is 9.89 Å². The maximum absolute atomic E-state index is 12.7. The topological polar surface area (TPSA) is 58.2 Å². The van der Waals surface area contributed by atoms with Crippen molar-refractivity contribution in [3.05, 3.63) is 36.0 Å². The van der Waals surface area contributed by atoms with E-state index < -0.39 is 0 Å². The Morgan fingerprint density at radius 2 is 2.30 bits per heavy atom. The molecule has 1 fully saturated rings. The predicted molar refractivity (Wildman–Crippen MR) is 92.8 cm³/mol. The minimum Gasteiger partial charge on any atom is -0.496 e. The third-order valence-electron chi connectivity index (χ3n) is 3.98. The van der Waals surface area contributed by atoms with Crippen LogP contribution in [-0.4, -0.2) is 45.8 Å². The number of hydrogen-bond acceptors (Lipinski definition) is 4. The van der Waals surface area contributed by atoms with Gasteiger partial charge in [-0.05, 0) is 24.6 Å². The number of benzene rings is 1. The largest absolute Gasteiger partial charge is 0.496 e. The summed E-state index contributed by atoms with van der Waals surface area (Å²) in [5.41, 5.74) is 2.14. The third-order valence-corrected chi connectivity index (χ3v) is 5.27. The van der Waals surface area contributed by atoms with Gasteiger partial charge in [0.05, 0.1) is 18.2 Å². The van der Waals surface area contributed by atoms with Gasteiger partial charge in [-0.2, -0.15) is 5.10 Å². The summed E-state index contributed by atoms with van der Waals surface area (Å²) < 4.78 is 5.37. The van der Waals surface area contributed by atoms with Gasteiger partial charge in [0.15, 0.2) is 0 Å².